The number of hydrogen-bond donors (Lipinski definition) is 2. The van der Waals surface area contributed by atoms with Crippen molar-refractivity contribution in [1.82, 2.24) is 9.78 Å². The number of carbonyl (C=O) groups is 1. The molecule has 1 aliphatic carbocycles. The van der Waals surface area contributed by atoms with Crippen molar-refractivity contribution in [2.75, 3.05) is 11.9 Å². The number of nitrogens with two attached hydrogens (primary N) is 1. The molecular formula is C11H18N4O. The van der Waals surface area contributed by atoms with Crippen molar-refractivity contribution < 1.29 is 4.79 Å². The van der Waals surface area contributed by atoms with Gasteiger partial charge >= 0.3 is 0 Å². The van der Waals surface area contributed by atoms with E-state index in [1.165, 1.54) is 0 Å². The fraction of sp³-hybridized carbons (Fsp3) is 0.636. The van der Waals surface area contributed by atoms with Crippen LogP contribution in [0.15, 0.2) is 12.4 Å². The molecule has 0 aromatic carbocycles. The van der Waals surface area contributed by atoms with Crippen molar-refractivity contribution in [2.24, 2.45) is 24.1 Å². The van der Waals surface area contributed by atoms with Gasteiger partial charge in [-0.15, -0.1) is 0 Å². The van der Waals surface area contributed by atoms with Crippen LogP contribution in [0, 0.1) is 11.3 Å². The van der Waals surface area contributed by atoms with E-state index in [9.17, 15) is 4.79 Å². The van der Waals surface area contributed by atoms with E-state index in [1.807, 2.05) is 7.05 Å². The first-order valence-electron chi connectivity index (χ1n) is 5.56. The number of rotatable bonds is 3. The van der Waals surface area contributed by atoms with Gasteiger partial charge in [0.2, 0.25) is 5.91 Å². The summed E-state index contributed by atoms with van der Waals surface area (Å²) in [5.41, 5.74) is 6.09. The molecule has 88 valence electrons. The molecular weight excluding hydrogens is 204 g/mol. The van der Waals surface area contributed by atoms with Crippen LogP contribution in [0.5, 0.6) is 0 Å². The number of carbonyl (C=O) groups excluding carboxylic acids is 1. The Morgan fingerprint density at radius 2 is 2.44 bits per heavy atom. The first-order valence-corrected chi connectivity index (χ1v) is 5.56. The average Bonchev–Trinajstić information content (AvgIpc) is 2.58. The molecule has 1 aromatic rings. The zero-order chi connectivity index (χ0) is 11.8. The smallest absolute Gasteiger partial charge is 0.231 e. The van der Waals surface area contributed by atoms with E-state index < -0.39 is 0 Å². The molecule has 2 rings (SSSR count). The standard InChI is InChI=1S/C11H18N4O/c1-8-3-11(4-8,7-12)10(16)14-9-5-13-15(2)6-9/h5-6,8H,3-4,7,12H2,1-2H3,(H,14,16). The second kappa shape index (κ2) is 3.90. The second-order valence-electron chi connectivity index (χ2n) is 4.85. The fourth-order valence-electron chi connectivity index (χ4n) is 2.47. The van der Waals surface area contributed by atoms with Gasteiger partial charge in [-0.1, -0.05) is 6.92 Å². The molecule has 1 fully saturated rings. The Bertz CT molecular complexity index is 392. The van der Waals surface area contributed by atoms with Crippen LogP contribution in [0.25, 0.3) is 0 Å². The summed E-state index contributed by atoms with van der Waals surface area (Å²) >= 11 is 0. The van der Waals surface area contributed by atoms with Crippen molar-refractivity contribution in [3.63, 3.8) is 0 Å². The number of nitrogens with one attached hydrogen (secondary N) is 1. The third kappa shape index (κ3) is 1.82. The first-order chi connectivity index (χ1) is 7.55. The van der Waals surface area contributed by atoms with Crippen LogP contribution in [0.3, 0.4) is 0 Å². The van der Waals surface area contributed by atoms with Gasteiger partial charge in [-0.25, -0.2) is 0 Å². The predicted octanol–water partition coefficient (Wildman–Crippen LogP) is 0.734. The lowest BCUT2D eigenvalue weighted by Crippen LogP contribution is -2.51. The maximum Gasteiger partial charge on any atom is 0.231 e. The number of amides is 1. The van der Waals surface area contributed by atoms with Crippen LogP contribution in [-0.2, 0) is 11.8 Å². The van der Waals surface area contributed by atoms with E-state index in [-0.39, 0.29) is 11.3 Å². The van der Waals surface area contributed by atoms with E-state index in [4.69, 9.17) is 5.73 Å². The van der Waals surface area contributed by atoms with Crippen molar-refractivity contribution in [3.05, 3.63) is 12.4 Å². The quantitative estimate of drug-likeness (QED) is 0.792. The molecule has 1 amide bonds. The molecule has 16 heavy (non-hydrogen) atoms. The summed E-state index contributed by atoms with van der Waals surface area (Å²) in [4.78, 5) is 12.1. The summed E-state index contributed by atoms with van der Waals surface area (Å²) in [6.07, 6.45) is 5.19. The summed E-state index contributed by atoms with van der Waals surface area (Å²) in [6.45, 7) is 2.56. The maximum absolute atomic E-state index is 12.1. The SMILES string of the molecule is CC1CC(CN)(C(=O)Nc2cnn(C)c2)C1. The van der Waals surface area contributed by atoms with Gasteiger partial charge in [-0.2, -0.15) is 5.10 Å². The Balaban J connectivity index is 2.02. The summed E-state index contributed by atoms with van der Waals surface area (Å²) in [5.74, 6) is 0.629. The zero-order valence-corrected chi connectivity index (χ0v) is 9.73. The topological polar surface area (TPSA) is 72.9 Å². The van der Waals surface area contributed by atoms with Gasteiger partial charge in [0.15, 0.2) is 0 Å². The van der Waals surface area contributed by atoms with Gasteiger partial charge in [0.1, 0.15) is 0 Å². The zero-order valence-electron chi connectivity index (χ0n) is 9.73. The van der Waals surface area contributed by atoms with E-state index in [2.05, 4.69) is 17.3 Å². The Hall–Kier alpha value is -1.36. The van der Waals surface area contributed by atoms with Gasteiger partial charge in [0.05, 0.1) is 17.3 Å². The van der Waals surface area contributed by atoms with Crippen molar-refractivity contribution in [1.29, 1.82) is 0 Å². The highest BCUT2D eigenvalue weighted by molar-refractivity contribution is 5.96. The van der Waals surface area contributed by atoms with E-state index in [0.717, 1.165) is 18.5 Å². The Morgan fingerprint density at radius 1 is 1.75 bits per heavy atom. The molecule has 0 saturated heterocycles. The van der Waals surface area contributed by atoms with Gasteiger partial charge in [0, 0.05) is 19.8 Å². The lowest BCUT2D eigenvalue weighted by molar-refractivity contribution is -0.132. The van der Waals surface area contributed by atoms with Crippen LogP contribution < -0.4 is 11.1 Å². The van der Waals surface area contributed by atoms with Crippen molar-refractivity contribution >= 4 is 11.6 Å². The molecule has 5 heteroatoms. The summed E-state index contributed by atoms with van der Waals surface area (Å²) in [6, 6.07) is 0. The van der Waals surface area contributed by atoms with E-state index in [1.54, 1.807) is 17.1 Å². The molecule has 1 aliphatic rings. The molecule has 1 heterocycles. The lowest BCUT2D eigenvalue weighted by Gasteiger charge is -2.44. The molecule has 0 bridgehead atoms. The highest BCUT2D eigenvalue weighted by atomic mass is 16.2. The summed E-state index contributed by atoms with van der Waals surface area (Å²) in [5, 5.41) is 6.88. The maximum atomic E-state index is 12.1. The molecule has 0 radical (unpaired) electrons. The molecule has 0 atom stereocenters. The number of nitrogens with zero attached hydrogens (tertiary/aromatic N) is 2. The third-order valence-electron chi connectivity index (χ3n) is 3.31. The monoisotopic (exact) mass is 222 g/mol. The Morgan fingerprint density at radius 3 is 2.88 bits per heavy atom. The number of aromatic nitrogens is 2. The van der Waals surface area contributed by atoms with E-state index >= 15 is 0 Å². The average molecular weight is 222 g/mol. The Kier molecular flexibility index (Phi) is 2.71. The van der Waals surface area contributed by atoms with Crippen molar-refractivity contribution in [3.8, 4) is 0 Å². The van der Waals surface area contributed by atoms with Crippen LogP contribution in [0.2, 0.25) is 0 Å². The minimum Gasteiger partial charge on any atom is -0.329 e. The third-order valence-corrected chi connectivity index (χ3v) is 3.31. The van der Waals surface area contributed by atoms with E-state index in [0.29, 0.717) is 12.5 Å². The van der Waals surface area contributed by atoms with Gasteiger partial charge in [-0.05, 0) is 18.8 Å². The summed E-state index contributed by atoms with van der Waals surface area (Å²) in [7, 11) is 1.82. The molecule has 0 aliphatic heterocycles. The van der Waals surface area contributed by atoms with Gasteiger partial charge in [-0.3, -0.25) is 9.48 Å². The molecule has 1 saturated carbocycles. The minimum atomic E-state index is -0.352. The number of anilines is 1. The normalized spacial score (nSPS) is 28.6. The molecule has 0 unspecified atom stereocenters. The first kappa shape index (κ1) is 11.1. The fourth-order valence-corrected chi connectivity index (χ4v) is 2.47. The van der Waals surface area contributed by atoms with Crippen molar-refractivity contribution in [2.45, 2.75) is 19.8 Å². The molecule has 5 nitrogen and oxygen atoms in total. The predicted molar refractivity (Wildman–Crippen MR) is 61.7 cm³/mol. The van der Waals surface area contributed by atoms with Crippen LogP contribution >= 0.6 is 0 Å². The largest absolute Gasteiger partial charge is 0.329 e. The highest BCUT2D eigenvalue weighted by Crippen LogP contribution is 2.45. The summed E-state index contributed by atoms with van der Waals surface area (Å²) < 4.78 is 1.66. The van der Waals surface area contributed by atoms with Crippen LogP contribution in [-0.4, -0.2) is 22.2 Å². The molecule has 3 N–H and O–H groups in total. The van der Waals surface area contributed by atoms with Crippen LogP contribution in [0.4, 0.5) is 5.69 Å². The number of aryl methyl sites for hydroxylation is 1. The minimum absolute atomic E-state index is 0.0288. The van der Waals surface area contributed by atoms with Crippen LogP contribution in [0.1, 0.15) is 19.8 Å². The lowest BCUT2D eigenvalue weighted by atomic mass is 9.62. The molecule has 1 aromatic heterocycles. The van der Waals surface area contributed by atoms with Gasteiger partial charge in [0.25, 0.3) is 0 Å². The highest BCUT2D eigenvalue weighted by Gasteiger charge is 2.47. The molecule has 0 spiro atoms. The number of hydrogen-bond acceptors (Lipinski definition) is 3. The Labute approximate surface area is 95.0 Å². The van der Waals surface area contributed by atoms with Gasteiger partial charge < -0.3 is 11.1 Å². The second-order valence-corrected chi connectivity index (χ2v) is 4.85.